The summed E-state index contributed by atoms with van der Waals surface area (Å²) >= 11 is 18.6. The number of amides is 2. The van der Waals surface area contributed by atoms with Gasteiger partial charge in [-0.1, -0.05) is 71.6 Å². The van der Waals surface area contributed by atoms with Gasteiger partial charge in [0, 0.05) is 27.7 Å². The van der Waals surface area contributed by atoms with Gasteiger partial charge in [-0.15, -0.1) is 0 Å². The number of nitrogens with zero attached hydrogens (tertiary/aromatic N) is 2. The van der Waals surface area contributed by atoms with Crippen molar-refractivity contribution in [2.24, 2.45) is 0 Å². The summed E-state index contributed by atoms with van der Waals surface area (Å²) in [6, 6.07) is 16.5. The number of sulfonamides is 1. The number of nitrogens with one attached hydrogen (secondary N) is 1. The van der Waals surface area contributed by atoms with Gasteiger partial charge in [-0.05, 0) is 75.2 Å². The van der Waals surface area contributed by atoms with E-state index >= 15 is 0 Å². The molecule has 0 aliphatic rings. The quantitative estimate of drug-likeness (QED) is 0.265. The van der Waals surface area contributed by atoms with E-state index < -0.39 is 28.5 Å². The van der Waals surface area contributed by atoms with Crippen LogP contribution in [0.25, 0.3) is 0 Å². The molecular formula is C29H32Cl3N3O4S. The van der Waals surface area contributed by atoms with E-state index in [0.29, 0.717) is 17.0 Å². The van der Waals surface area contributed by atoms with Crippen LogP contribution in [0, 0.1) is 6.92 Å². The lowest BCUT2D eigenvalue weighted by Crippen LogP contribution is -2.52. The molecule has 11 heteroatoms. The molecule has 0 unspecified atom stereocenters. The van der Waals surface area contributed by atoms with Crippen molar-refractivity contribution in [2.45, 2.75) is 57.6 Å². The van der Waals surface area contributed by atoms with Gasteiger partial charge in [0.1, 0.15) is 12.6 Å². The van der Waals surface area contributed by atoms with Crippen molar-refractivity contribution in [3.8, 4) is 0 Å². The van der Waals surface area contributed by atoms with Gasteiger partial charge in [0.25, 0.3) is 10.0 Å². The van der Waals surface area contributed by atoms with Crippen molar-refractivity contribution in [2.75, 3.05) is 10.8 Å². The fourth-order valence-electron chi connectivity index (χ4n) is 3.93. The molecule has 0 bridgehead atoms. The summed E-state index contributed by atoms with van der Waals surface area (Å²) in [5, 5.41) is 3.78. The zero-order chi connectivity index (χ0) is 29.6. The van der Waals surface area contributed by atoms with Gasteiger partial charge in [0.05, 0.1) is 10.6 Å². The molecular weight excluding hydrogens is 593 g/mol. The number of benzene rings is 3. The van der Waals surface area contributed by atoms with Crippen LogP contribution in [0.2, 0.25) is 15.1 Å². The van der Waals surface area contributed by atoms with E-state index in [9.17, 15) is 18.0 Å². The molecule has 40 heavy (non-hydrogen) atoms. The van der Waals surface area contributed by atoms with Gasteiger partial charge in [0.2, 0.25) is 11.8 Å². The van der Waals surface area contributed by atoms with Crippen LogP contribution in [0.5, 0.6) is 0 Å². The second kappa shape index (κ2) is 13.7. The van der Waals surface area contributed by atoms with Gasteiger partial charge in [-0.3, -0.25) is 13.9 Å². The third kappa shape index (κ3) is 8.13. The predicted molar refractivity (Wildman–Crippen MR) is 162 cm³/mol. The first-order valence-electron chi connectivity index (χ1n) is 12.7. The highest BCUT2D eigenvalue weighted by Gasteiger charge is 2.33. The van der Waals surface area contributed by atoms with Gasteiger partial charge in [-0.2, -0.15) is 0 Å². The minimum Gasteiger partial charge on any atom is -0.352 e. The second-order valence-electron chi connectivity index (χ2n) is 9.60. The van der Waals surface area contributed by atoms with E-state index in [2.05, 4.69) is 5.32 Å². The summed E-state index contributed by atoms with van der Waals surface area (Å²) < 4.78 is 28.7. The molecule has 0 saturated heterocycles. The molecule has 0 aromatic heterocycles. The highest BCUT2D eigenvalue weighted by molar-refractivity contribution is 7.92. The van der Waals surface area contributed by atoms with E-state index in [1.165, 1.54) is 35.2 Å². The number of halogens is 3. The van der Waals surface area contributed by atoms with E-state index in [-0.39, 0.29) is 39.1 Å². The third-order valence-corrected chi connectivity index (χ3v) is 8.89. The van der Waals surface area contributed by atoms with Crippen LogP contribution < -0.4 is 9.62 Å². The maximum atomic E-state index is 14.0. The van der Waals surface area contributed by atoms with Crippen molar-refractivity contribution in [3.05, 3.63) is 92.9 Å². The molecule has 2 amide bonds. The number of rotatable bonds is 11. The molecule has 0 heterocycles. The molecule has 0 aliphatic carbocycles. The van der Waals surface area contributed by atoms with E-state index in [4.69, 9.17) is 34.8 Å². The molecule has 3 aromatic rings. The lowest BCUT2D eigenvalue weighted by Gasteiger charge is -2.32. The third-order valence-electron chi connectivity index (χ3n) is 6.43. The highest BCUT2D eigenvalue weighted by Crippen LogP contribution is 2.30. The predicted octanol–water partition coefficient (Wildman–Crippen LogP) is 6.48. The van der Waals surface area contributed by atoms with Crippen LogP contribution in [0.3, 0.4) is 0 Å². The zero-order valence-electron chi connectivity index (χ0n) is 22.7. The monoisotopic (exact) mass is 623 g/mol. The van der Waals surface area contributed by atoms with Crippen LogP contribution in [0.1, 0.15) is 38.3 Å². The van der Waals surface area contributed by atoms with Crippen LogP contribution in [-0.4, -0.2) is 43.8 Å². The Labute approximate surface area is 251 Å². The molecule has 0 aliphatic heterocycles. The topological polar surface area (TPSA) is 86.8 Å². The molecule has 0 radical (unpaired) electrons. The molecule has 214 valence electrons. The Morgan fingerprint density at radius 1 is 0.900 bits per heavy atom. The number of hydrogen-bond acceptors (Lipinski definition) is 4. The van der Waals surface area contributed by atoms with Gasteiger partial charge < -0.3 is 10.2 Å². The molecule has 7 nitrogen and oxygen atoms in total. The number of anilines is 1. The van der Waals surface area contributed by atoms with E-state index in [1.54, 1.807) is 43.3 Å². The minimum absolute atomic E-state index is 0.00838. The van der Waals surface area contributed by atoms with Crippen molar-refractivity contribution in [1.29, 1.82) is 0 Å². The Hall–Kier alpha value is -2.78. The van der Waals surface area contributed by atoms with Crippen molar-refractivity contribution in [1.82, 2.24) is 10.2 Å². The van der Waals surface area contributed by atoms with Gasteiger partial charge >= 0.3 is 0 Å². The normalized spacial score (nSPS) is 12.9. The largest absolute Gasteiger partial charge is 0.352 e. The highest BCUT2D eigenvalue weighted by atomic mass is 35.5. The Bertz CT molecular complexity index is 1450. The summed E-state index contributed by atoms with van der Waals surface area (Å²) in [6.07, 6.45) is 0.707. The Kier molecular flexibility index (Phi) is 10.9. The van der Waals surface area contributed by atoms with Crippen molar-refractivity contribution >= 4 is 62.3 Å². The maximum Gasteiger partial charge on any atom is 0.264 e. The standard InChI is InChI=1S/C29H32Cl3N3O4S/c1-5-20(3)33-29(37)21(4)34(17-22-7-6-8-23(30)13-22)28(36)18-35(26-15-24(31)14-25(32)16-26)40(38,39)27-11-9-19(2)10-12-27/h6-16,20-21H,5,17-18H2,1-4H3,(H,33,37)/t20-,21-/m0/s1. The first-order chi connectivity index (χ1) is 18.8. The molecule has 3 aromatic carbocycles. The molecule has 0 saturated carbocycles. The Balaban J connectivity index is 2.06. The number of carbonyl (C=O) groups is 2. The maximum absolute atomic E-state index is 14.0. The lowest BCUT2D eigenvalue weighted by molar-refractivity contribution is -0.139. The van der Waals surface area contributed by atoms with E-state index in [1.807, 2.05) is 20.8 Å². The van der Waals surface area contributed by atoms with Crippen LogP contribution in [0.4, 0.5) is 5.69 Å². The average molecular weight is 625 g/mol. The first-order valence-corrected chi connectivity index (χ1v) is 15.3. The van der Waals surface area contributed by atoms with Crippen molar-refractivity contribution < 1.29 is 18.0 Å². The Morgan fingerprint density at radius 2 is 1.52 bits per heavy atom. The second-order valence-corrected chi connectivity index (χ2v) is 12.8. The number of hydrogen-bond donors (Lipinski definition) is 1. The zero-order valence-corrected chi connectivity index (χ0v) is 25.8. The fourth-order valence-corrected chi connectivity index (χ4v) is 6.05. The van der Waals surface area contributed by atoms with Gasteiger partial charge in [-0.25, -0.2) is 8.42 Å². The van der Waals surface area contributed by atoms with Crippen LogP contribution >= 0.6 is 34.8 Å². The van der Waals surface area contributed by atoms with Crippen molar-refractivity contribution in [3.63, 3.8) is 0 Å². The number of aryl methyl sites for hydroxylation is 1. The molecule has 1 N–H and O–H groups in total. The van der Waals surface area contributed by atoms with Crippen LogP contribution in [0.15, 0.2) is 71.6 Å². The Morgan fingerprint density at radius 3 is 2.10 bits per heavy atom. The van der Waals surface area contributed by atoms with Gasteiger partial charge in [0.15, 0.2) is 0 Å². The summed E-state index contributed by atoms with van der Waals surface area (Å²) in [5.41, 5.74) is 1.68. The SMILES string of the molecule is CC[C@H](C)NC(=O)[C@H](C)N(Cc1cccc(Cl)c1)C(=O)CN(c1cc(Cl)cc(Cl)c1)S(=O)(=O)c1ccc(C)cc1. The summed E-state index contributed by atoms with van der Waals surface area (Å²) in [4.78, 5) is 28.4. The molecule has 0 fully saturated rings. The average Bonchev–Trinajstić information content (AvgIpc) is 2.89. The fraction of sp³-hybridized carbons (Fsp3) is 0.310. The first kappa shape index (κ1) is 31.7. The molecule has 3 rings (SSSR count). The summed E-state index contributed by atoms with van der Waals surface area (Å²) in [5.74, 6) is -0.956. The smallest absolute Gasteiger partial charge is 0.264 e. The number of carbonyl (C=O) groups excluding carboxylic acids is 2. The van der Waals surface area contributed by atoms with Crippen LogP contribution in [-0.2, 0) is 26.2 Å². The summed E-state index contributed by atoms with van der Waals surface area (Å²) in [6.45, 7) is 6.68. The van der Waals surface area contributed by atoms with E-state index in [0.717, 1.165) is 9.87 Å². The summed E-state index contributed by atoms with van der Waals surface area (Å²) in [7, 11) is -4.23. The minimum atomic E-state index is -4.23. The lowest BCUT2D eigenvalue weighted by atomic mass is 10.1. The molecule has 0 spiro atoms. The molecule has 2 atom stereocenters.